The Balaban J connectivity index is 1.92. The average Bonchev–Trinajstić information content (AvgIpc) is 2.47. The molecule has 1 aromatic carbocycles. The summed E-state index contributed by atoms with van der Waals surface area (Å²) in [6.45, 7) is 1.74. The van der Waals surface area contributed by atoms with E-state index in [4.69, 9.17) is 11.0 Å². The van der Waals surface area contributed by atoms with E-state index in [9.17, 15) is 0 Å². The van der Waals surface area contributed by atoms with Crippen LogP contribution >= 0.6 is 0 Å². The number of nitrogens with two attached hydrogens (primary N) is 1. The molecule has 0 radical (unpaired) electrons. The first kappa shape index (κ1) is 11.5. The number of fused-ring (bicyclic) bond motifs is 1. The molecule has 3 rings (SSSR count). The number of benzene rings is 1. The molecule has 1 aliphatic rings. The lowest BCUT2D eigenvalue weighted by molar-refractivity contribution is 0.732. The maximum atomic E-state index is 8.91. The summed E-state index contributed by atoms with van der Waals surface area (Å²) in [4.78, 5) is 6.26. The van der Waals surface area contributed by atoms with Crippen molar-refractivity contribution >= 4 is 11.4 Å². The van der Waals surface area contributed by atoms with Crippen molar-refractivity contribution in [2.75, 3.05) is 17.2 Å². The van der Waals surface area contributed by atoms with Crippen LogP contribution in [0.25, 0.3) is 0 Å². The van der Waals surface area contributed by atoms with Gasteiger partial charge >= 0.3 is 0 Å². The lowest BCUT2D eigenvalue weighted by Crippen LogP contribution is -2.30. The Bertz CT molecular complexity index is 657. The minimum absolute atomic E-state index is 0.455. The first-order chi connectivity index (χ1) is 9.28. The van der Waals surface area contributed by atoms with Gasteiger partial charge in [-0.25, -0.2) is 4.98 Å². The molecule has 0 aliphatic carbocycles. The molecule has 0 unspecified atom stereocenters. The van der Waals surface area contributed by atoms with Gasteiger partial charge in [0.15, 0.2) is 0 Å². The van der Waals surface area contributed by atoms with E-state index in [1.807, 2.05) is 24.3 Å². The lowest BCUT2D eigenvalue weighted by atomic mass is 9.97. The number of nitrogen functional groups attached to an aromatic ring is 1. The van der Waals surface area contributed by atoms with Gasteiger partial charge in [0.25, 0.3) is 0 Å². The zero-order valence-corrected chi connectivity index (χ0v) is 10.5. The third-order valence-corrected chi connectivity index (χ3v) is 3.53. The molecule has 0 atom stereocenters. The van der Waals surface area contributed by atoms with Crippen molar-refractivity contribution in [2.45, 2.75) is 13.0 Å². The number of pyridine rings is 1. The van der Waals surface area contributed by atoms with Crippen LogP contribution in [0.2, 0.25) is 0 Å². The maximum absolute atomic E-state index is 8.91. The van der Waals surface area contributed by atoms with Gasteiger partial charge in [-0.15, -0.1) is 0 Å². The Kier molecular flexibility index (Phi) is 2.81. The minimum atomic E-state index is 0.455. The molecule has 19 heavy (non-hydrogen) atoms. The van der Waals surface area contributed by atoms with Crippen LogP contribution in [0.5, 0.6) is 0 Å². The number of hydrogen-bond acceptors (Lipinski definition) is 4. The molecule has 4 heteroatoms. The monoisotopic (exact) mass is 250 g/mol. The average molecular weight is 250 g/mol. The molecule has 0 saturated heterocycles. The van der Waals surface area contributed by atoms with Gasteiger partial charge in [-0.1, -0.05) is 12.1 Å². The Morgan fingerprint density at radius 2 is 2.21 bits per heavy atom. The van der Waals surface area contributed by atoms with Crippen molar-refractivity contribution < 1.29 is 0 Å². The van der Waals surface area contributed by atoms with Crippen molar-refractivity contribution in [1.29, 1.82) is 5.26 Å². The van der Waals surface area contributed by atoms with Crippen LogP contribution in [0.4, 0.5) is 11.4 Å². The zero-order valence-electron chi connectivity index (χ0n) is 10.5. The summed E-state index contributed by atoms with van der Waals surface area (Å²) in [7, 11) is 0. The summed E-state index contributed by atoms with van der Waals surface area (Å²) in [5.41, 5.74) is 10.9. The fourth-order valence-electron chi connectivity index (χ4n) is 2.54. The van der Waals surface area contributed by atoms with Gasteiger partial charge in [0.1, 0.15) is 11.8 Å². The highest BCUT2D eigenvalue weighted by molar-refractivity contribution is 5.57. The van der Waals surface area contributed by atoms with E-state index >= 15 is 0 Å². The fraction of sp³-hybridized carbons (Fsp3) is 0.200. The number of rotatable bonds is 1. The van der Waals surface area contributed by atoms with E-state index in [2.05, 4.69) is 22.0 Å². The second-order valence-corrected chi connectivity index (χ2v) is 4.67. The summed E-state index contributed by atoms with van der Waals surface area (Å²) in [6.07, 6.45) is 2.62. The quantitative estimate of drug-likeness (QED) is 0.787. The normalized spacial score (nSPS) is 13.7. The molecule has 0 spiro atoms. The Hall–Kier alpha value is -2.54. The van der Waals surface area contributed by atoms with Crippen LogP contribution in [-0.4, -0.2) is 11.5 Å². The highest BCUT2D eigenvalue weighted by Crippen LogP contribution is 2.27. The van der Waals surface area contributed by atoms with Gasteiger partial charge in [0, 0.05) is 30.7 Å². The van der Waals surface area contributed by atoms with E-state index in [0.717, 1.165) is 30.9 Å². The second kappa shape index (κ2) is 4.62. The summed E-state index contributed by atoms with van der Waals surface area (Å²) in [6, 6.07) is 11.9. The van der Waals surface area contributed by atoms with Crippen molar-refractivity contribution in [1.82, 2.24) is 4.98 Å². The molecule has 2 heterocycles. The van der Waals surface area contributed by atoms with Crippen LogP contribution in [0.1, 0.15) is 16.8 Å². The second-order valence-electron chi connectivity index (χ2n) is 4.67. The van der Waals surface area contributed by atoms with Crippen LogP contribution in [0.3, 0.4) is 0 Å². The van der Waals surface area contributed by atoms with Crippen LogP contribution in [-0.2, 0) is 13.0 Å². The molecule has 1 aromatic heterocycles. The Morgan fingerprint density at radius 1 is 1.32 bits per heavy atom. The molecule has 0 fully saturated rings. The predicted octanol–water partition coefficient (Wildman–Crippen LogP) is 2.10. The molecule has 1 aliphatic heterocycles. The van der Waals surface area contributed by atoms with Crippen LogP contribution < -0.4 is 10.6 Å². The molecule has 0 saturated carbocycles. The van der Waals surface area contributed by atoms with Crippen molar-refractivity contribution in [2.24, 2.45) is 0 Å². The van der Waals surface area contributed by atoms with Crippen molar-refractivity contribution in [3.05, 3.63) is 53.3 Å². The third-order valence-electron chi connectivity index (χ3n) is 3.53. The molecule has 0 amide bonds. The molecule has 2 N–H and O–H groups in total. The van der Waals surface area contributed by atoms with Crippen molar-refractivity contribution in [3.63, 3.8) is 0 Å². The predicted molar refractivity (Wildman–Crippen MR) is 74.6 cm³/mol. The summed E-state index contributed by atoms with van der Waals surface area (Å²) < 4.78 is 0. The van der Waals surface area contributed by atoms with Gasteiger partial charge in [-0.2, -0.15) is 5.26 Å². The molecular formula is C15H14N4. The van der Waals surface area contributed by atoms with E-state index in [0.29, 0.717) is 5.69 Å². The smallest absolute Gasteiger partial charge is 0.142 e. The van der Waals surface area contributed by atoms with E-state index in [1.54, 1.807) is 6.20 Å². The Labute approximate surface area is 112 Å². The lowest BCUT2D eigenvalue weighted by Gasteiger charge is -2.31. The highest BCUT2D eigenvalue weighted by atomic mass is 15.1. The van der Waals surface area contributed by atoms with Gasteiger partial charge in [0.05, 0.1) is 0 Å². The molecule has 94 valence electrons. The van der Waals surface area contributed by atoms with Crippen LogP contribution in [0, 0.1) is 11.3 Å². The number of nitrogens with zero attached hydrogens (tertiary/aromatic N) is 3. The standard InChI is InChI=1S/C15H14N4/c16-9-12-8-13(4-6-18-12)19-7-5-14-11(10-19)2-1-3-15(14)17/h1-4,6,8H,5,7,10,17H2. The number of nitriles is 1. The molecular weight excluding hydrogens is 236 g/mol. The minimum Gasteiger partial charge on any atom is -0.398 e. The maximum Gasteiger partial charge on any atom is 0.142 e. The molecule has 4 nitrogen and oxygen atoms in total. The number of anilines is 2. The number of hydrogen-bond donors (Lipinski definition) is 1. The van der Waals surface area contributed by atoms with Gasteiger partial charge in [0.2, 0.25) is 0 Å². The first-order valence-corrected chi connectivity index (χ1v) is 6.25. The summed E-state index contributed by atoms with van der Waals surface area (Å²) in [5.74, 6) is 0. The van der Waals surface area contributed by atoms with E-state index in [-0.39, 0.29) is 0 Å². The van der Waals surface area contributed by atoms with E-state index in [1.165, 1.54) is 11.1 Å². The Morgan fingerprint density at radius 3 is 3.05 bits per heavy atom. The van der Waals surface area contributed by atoms with Gasteiger partial charge < -0.3 is 10.6 Å². The summed E-state index contributed by atoms with van der Waals surface area (Å²) in [5, 5.41) is 8.91. The largest absolute Gasteiger partial charge is 0.398 e. The van der Waals surface area contributed by atoms with Gasteiger partial charge in [-0.3, -0.25) is 0 Å². The first-order valence-electron chi connectivity index (χ1n) is 6.25. The third kappa shape index (κ3) is 2.11. The summed E-state index contributed by atoms with van der Waals surface area (Å²) >= 11 is 0. The topological polar surface area (TPSA) is 65.9 Å². The highest BCUT2D eigenvalue weighted by Gasteiger charge is 2.18. The zero-order chi connectivity index (χ0) is 13.2. The van der Waals surface area contributed by atoms with Crippen molar-refractivity contribution in [3.8, 4) is 6.07 Å². The fourth-order valence-corrected chi connectivity index (χ4v) is 2.54. The van der Waals surface area contributed by atoms with Gasteiger partial charge in [-0.05, 0) is 35.7 Å². The molecule has 0 bridgehead atoms. The van der Waals surface area contributed by atoms with E-state index < -0.39 is 0 Å². The molecule has 2 aromatic rings. The van der Waals surface area contributed by atoms with Crippen LogP contribution in [0.15, 0.2) is 36.5 Å². The SMILES string of the molecule is N#Cc1cc(N2CCc3c(N)cccc3C2)ccn1. The number of aromatic nitrogens is 1.